The van der Waals surface area contributed by atoms with Crippen LogP contribution in [0.1, 0.15) is 21.9 Å². The number of imidazole rings is 1. The Balaban J connectivity index is 1.18. The number of benzene rings is 3. The van der Waals surface area contributed by atoms with Crippen LogP contribution >= 0.6 is 0 Å². The van der Waals surface area contributed by atoms with Gasteiger partial charge in [0.2, 0.25) is 0 Å². The molecule has 6 rings (SSSR count). The van der Waals surface area contributed by atoms with Crippen LogP contribution in [-0.2, 0) is 13.1 Å². The molecule has 0 unspecified atom stereocenters. The van der Waals surface area contributed by atoms with Gasteiger partial charge in [-0.3, -0.25) is 14.5 Å². The Morgan fingerprint density at radius 2 is 1.56 bits per heavy atom. The molecule has 3 aromatic carbocycles. The van der Waals surface area contributed by atoms with E-state index in [0.29, 0.717) is 30.6 Å². The quantitative estimate of drug-likeness (QED) is 0.380. The molecule has 0 bridgehead atoms. The number of piperazine rings is 1. The summed E-state index contributed by atoms with van der Waals surface area (Å²) in [5.41, 5.74) is 3.58. The van der Waals surface area contributed by atoms with E-state index in [-0.39, 0.29) is 17.1 Å². The number of hydrogen-bond donors (Lipinski definition) is 0. The SMILES string of the molecule is O=C(c1cc(=O)c2ccccc2o1)N1CCN(Cc2nc3ccccc3n2Cc2ccccc2)CC1. The zero-order chi connectivity index (χ0) is 24.5. The van der Waals surface area contributed by atoms with Gasteiger partial charge >= 0.3 is 0 Å². The van der Waals surface area contributed by atoms with Crippen molar-refractivity contribution in [3.63, 3.8) is 0 Å². The van der Waals surface area contributed by atoms with Gasteiger partial charge in [0.1, 0.15) is 11.4 Å². The van der Waals surface area contributed by atoms with Crippen LogP contribution < -0.4 is 5.43 Å². The highest BCUT2D eigenvalue weighted by Gasteiger charge is 2.25. The first kappa shape index (κ1) is 22.2. The Hall–Kier alpha value is -4.23. The topological polar surface area (TPSA) is 71.6 Å². The van der Waals surface area contributed by atoms with E-state index < -0.39 is 0 Å². The van der Waals surface area contributed by atoms with Crippen LogP contribution in [0.2, 0.25) is 0 Å². The van der Waals surface area contributed by atoms with Crippen molar-refractivity contribution in [3.05, 3.63) is 112 Å². The first-order chi connectivity index (χ1) is 17.7. The predicted molar refractivity (Wildman–Crippen MR) is 139 cm³/mol. The molecule has 7 heteroatoms. The molecule has 0 aliphatic carbocycles. The molecule has 0 radical (unpaired) electrons. The number of hydrogen-bond acceptors (Lipinski definition) is 5. The van der Waals surface area contributed by atoms with Gasteiger partial charge < -0.3 is 13.9 Å². The van der Waals surface area contributed by atoms with Crippen molar-refractivity contribution in [2.75, 3.05) is 26.2 Å². The highest BCUT2D eigenvalue weighted by molar-refractivity contribution is 5.93. The molecule has 1 aliphatic rings. The van der Waals surface area contributed by atoms with E-state index in [1.54, 1.807) is 29.2 Å². The second kappa shape index (κ2) is 9.43. The lowest BCUT2D eigenvalue weighted by atomic mass is 10.2. The van der Waals surface area contributed by atoms with Gasteiger partial charge in [0.05, 0.1) is 23.0 Å². The number of para-hydroxylation sites is 3. The van der Waals surface area contributed by atoms with Crippen molar-refractivity contribution in [1.82, 2.24) is 19.4 Å². The van der Waals surface area contributed by atoms with Crippen LogP contribution in [0.5, 0.6) is 0 Å². The Morgan fingerprint density at radius 3 is 2.39 bits per heavy atom. The van der Waals surface area contributed by atoms with Crippen molar-refractivity contribution < 1.29 is 9.21 Å². The average molecular weight is 479 g/mol. The van der Waals surface area contributed by atoms with Gasteiger partial charge in [-0.15, -0.1) is 0 Å². The van der Waals surface area contributed by atoms with Gasteiger partial charge in [-0.1, -0.05) is 54.6 Å². The van der Waals surface area contributed by atoms with Crippen LogP contribution in [0.4, 0.5) is 0 Å². The molecule has 180 valence electrons. The zero-order valence-corrected chi connectivity index (χ0v) is 19.8. The van der Waals surface area contributed by atoms with Crippen molar-refractivity contribution >= 4 is 27.9 Å². The molecule has 1 fully saturated rings. The number of carbonyl (C=O) groups excluding carboxylic acids is 1. The molecule has 1 aliphatic heterocycles. The third kappa shape index (κ3) is 4.29. The van der Waals surface area contributed by atoms with Crippen molar-refractivity contribution in [1.29, 1.82) is 0 Å². The molecule has 0 saturated carbocycles. The van der Waals surface area contributed by atoms with Crippen LogP contribution in [0.3, 0.4) is 0 Å². The number of rotatable bonds is 5. The van der Waals surface area contributed by atoms with Crippen molar-refractivity contribution in [2.24, 2.45) is 0 Å². The molecule has 1 saturated heterocycles. The van der Waals surface area contributed by atoms with Crippen molar-refractivity contribution in [3.8, 4) is 0 Å². The lowest BCUT2D eigenvalue weighted by Crippen LogP contribution is -2.48. The van der Waals surface area contributed by atoms with Crippen molar-refractivity contribution in [2.45, 2.75) is 13.1 Å². The summed E-state index contributed by atoms with van der Waals surface area (Å²) < 4.78 is 8.05. The molecule has 36 heavy (non-hydrogen) atoms. The van der Waals surface area contributed by atoms with E-state index in [0.717, 1.165) is 36.5 Å². The average Bonchev–Trinajstić information content (AvgIpc) is 3.26. The van der Waals surface area contributed by atoms with Gasteiger partial charge in [0.25, 0.3) is 5.91 Å². The largest absolute Gasteiger partial charge is 0.451 e. The molecule has 5 aromatic rings. The molecule has 1 amide bonds. The Bertz CT molecular complexity index is 1600. The van der Waals surface area contributed by atoms with Gasteiger partial charge in [0, 0.05) is 38.8 Å². The summed E-state index contributed by atoms with van der Waals surface area (Å²) >= 11 is 0. The number of nitrogens with zero attached hydrogens (tertiary/aromatic N) is 4. The standard InChI is InChI=1S/C29H26N4O3/c34-25-18-27(36-26-13-7-4-10-22(25)26)29(35)32-16-14-31(15-17-32)20-28-30-23-11-5-6-12-24(23)33(28)19-21-8-2-1-3-9-21/h1-13,18H,14-17,19-20H2. The third-order valence-electron chi connectivity index (χ3n) is 6.79. The van der Waals surface area contributed by atoms with E-state index in [2.05, 4.69) is 39.8 Å². The lowest BCUT2D eigenvalue weighted by Gasteiger charge is -2.34. The maximum atomic E-state index is 13.1. The minimum atomic E-state index is -0.242. The Kier molecular flexibility index (Phi) is 5.83. The number of fused-ring (bicyclic) bond motifs is 2. The highest BCUT2D eigenvalue weighted by Crippen LogP contribution is 2.20. The van der Waals surface area contributed by atoms with Crippen LogP contribution in [0, 0.1) is 0 Å². The number of carbonyl (C=O) groups is 1. The fourth-order valence-corrected chi connectivity index (χ4v) is 4.86. The summed E-state index contributed by atoms with van der Waals surface area (Å²) in [5.74, 6) is 0.867. The summed E-state index contributed by atoms with van der Waals surface area (Å²) in [6.07, 6.45) is 0. The molecule has 3 heterocycles. The Morgan fingerprint density at radius 1 is 0.833 bits per heavy atom. The minimum Gasteiger partial charge on any atom is -0.451 e. The van der Waals surface area contributed by atoms with Crippen LogP contribution in [-0.4, -0.2) is 51.4 Å². The summed E-state index contributed by atoms with van der Waals surface area (Å²) in [6, 6.07) is 26.9. The lowest BCUT2D eigenvalue weighted by molar-refractivity contribution is 0.0594. The first-order valence-corrected chi connectivity index (χ1v) is 12.2. The smallest absolute Gasteiger partial charge is 0.289 e. The first-order valence-electron chi connectivity index (χ1n) is 12.2. The van der Waals surface area contributed by atoms with Gasteiger partial charge in [-0.05, 0) is 29.8 Å². The predicted octanol–water partition coefficient (Wildman–Crippen LogP) is 4.15. The minimum absolute atomic E-state index is 0.0943. The van der Waals surface area contributed by atoms with E-state index in [1.165, 1.54) is 11.6 Å². The fraction of sp³-hybridized carbons (Fsp3) is 0.207. The normalized spacial score (nSPS) is 14.5. The van der Waals surface area contributed by atoms with E-state index >= 15 is 0 Å². The van der Waals surface area contributed by atoms with Gasteiger partial charge in [-0.2, -0.15) is 0 Å². The second-order valence-corrected chi connectivity index (χ2v) is 9.13. The second-order valence-electron chi connectivity index (χ2n) is 9.13. The summed E-state index contributed by atoms with van der Waals surface area (Å²) in [5, 5.41) is 0.484. The monoisotopic (exact) mass is 478 g/mol. The number of aromatic nitrogens is 2. The van der Waals surface area contributed by atoms with E-state index in [4.69, 9.17) is 9.40 Å². The summed E-state index contributed by atoms with van der Waals surface area (Å²) in [7, 11) is 0. The Labute approximate surface area is 208 Å². The van der Waals surface area contributed by atoms with E-state index in [9.17, 15) is 9.59 Å². The van der Waals surface area contributed by atoms with Crippen LogP contribution in [0.25, 0.3) is 22.0 Å². The molecular formula is C29H26N4O3. The maximum absolute atomic E-state index is 13.1. The van der Waals surface area contributed by atoms with Gasteiger partial charge in [-0.25, -0.2) is 4.98 Å². The number of amides is 1. The molecule has 7 nitrogen and oxygen atoms in total. The molecule has 0 spiro atoms. The summed E-state index contributed by atoms with van der Waals surface area (Å²) in [4.78, 5) is 34.5. The van der Waals surface area contributed by atoms with Gasteiger partial charge in [0.15, 0.2) is 11.2 Å². The molecular weight excluding hydrogens is 452 g/mol. The summed E-state index contributed by atoms with van der Waals surface area (Å²) in [6.45, 7) is 4.03. The van der Waals surface area contributed by atoms with E-state index in [1.807, 2.05) is 24.3 Å². The zero-order valence-electron chi connectivity index (χ0n) is 19.8. The molecule has 2 aromatic heterocycles. The fourth-order valence-electron chi connectivity index (χ4n) is 4.86. The van der Waals surface area contributed by atoms with Crippen LogP contribution in [0.15, 0.2) is 94.1 Å². The molecule has 0 atom stereocenters. The third-order valence-corrected chi connectivity index (χ3v) is 6.79. The molecule has 0 N–H and O–H groups in total. The highest BCUT2D eigenvalue weighted by atomic mass is 16.3. The maximum Gasteiger partial charge on any atom is 0.289 e.